The lowest BCUT2D eigenvalue weighted by molar-refractivity contribution is -0.119. The van der Waals surface area contributed by atoms with Crippen LogP contribution in [0.3, 0.4) is 0 Å². The summed E-state index contributed by atoms with van der Waals surface area (Å²) in [6.45, 7) is 6.73. The van der Waals surface area contributed by atoms with Gasteiger partial charge >= 0.3 is 0 Å². The number of hydrogen-bond acceptors (Lipinski definition) is 4. The number of hydrogen-bond donors (Lipinski definition) is 1. The second kappa shape index (κ2) is 10.1. The molecular formula is C31H31ClN2O3. The summed E-state index contributed by atoms with van der Waals surface area (Å²) < 4.78 is 5.66. The van der Waals surface area contributed by atoms with Crippen LogP contribution in [0.15, 0.2) is 84.1 Å². The number of para-hydroxylation sites is 2. The van der Waals surface area contributed by atoms with E-state index in [4.69, 9.17) is 16.3 Å². The molecule has 1 aliphatic heterocycles. The Balaban J connectivity index is 1.68. The lowest BCUT2D eigenvalue weighted by Crippen LogP contribution is -2.40. The zero-order valence-electron chi connectivity index (χ0n) is 21.4. The first kappa shape index (κ1) is 25.1. The van der Waals surface area contributed by atoms with Crippen molar-refractivity contribution in [2.45, 2.75) is 46.1 Å². The summed E-state index contributed by atoms with van der Waals surface area (Å²) in [5, 5.41) is 4.18. The third-order valence-electron chi connectivity index (χ3n) is 6.94. The molecule has 1 heterocycles. The molecular weight excluding hydrogens is 484 g/mol. The fourth-order valence-corrected chi connectivity index (χ4v) is 5.48. The van der Waals surface area contributed by atoms with Crippen LogP contribution in [0.4, 0.5) is 11.4 Å². The van der Waals surface area contributed by atoms with Gasteiger partial charge in [-0.1, -0.05) is 61.8 Å². The van der Waals surface area contributed by atoms with E-state index in [0.29, 0.717) is 23.6 Å². The molecule has 0 saturated carbocycles. The molecule has 1 amide bonds. The first-order chi connectivity index (χ1) is 17.8. The lowest BCUT2D eigenvalue weighted by atomic mass is 9.73. The van der Waals surface area contributed by atoms with Crippen LogP contribution in [-0.4, -0.2) is 18.3 Å². The first-order valence-corrected chi connectivity index (χ1v) is 13.0. The Morgan fingerprint density at radius 1 is 1.03 bits per heavy atom. The molecule has 1 N–H and O–H groups in total. The number of ether oxygens (including phenoxy) is 1. The molecule has 0 spiro atoms. The van der Waals surface area contributed by atoms with Crippen molar-refractivity contribution >= 4 is 34.7 Å². The summed E-state index contributed by atoms with van der Waals surface area (Å²) in [6.07, 6.45) is 1.33. The van der Waals surface area contributed by atoms with E-state index in [0.717, 1.165) is 40.4 Å². The lowest BCUT2D eigenvalue weighted by Gasteiger charge is -2.37. The molecule has 5 rings (SSSR count). The number of amides is 1. The van der Waals surface area contributed by atoms with Gasteiger partial charge in [0.2, 0.25) is 5.91 Å². The summed E-state index contributed by atoms with van der Waals surface area (Å²) in [7, 11) is 0. The fourth-order valence-electron chi connectivity index (χ4n) is 5.35. The number of fused-ring (bicyclic) bond motifs is 1. The Hall–Kier alpha value is -3.57. The van der Waals surface area contributed by atoms with Crippen LogP contribution in [0.25, 0.3) is 0 Å². The monoisotopic (exact) mass is 514 g/mol. The average Bonchev–Trinajstić information content (AvgIpc) is 3.00. The van der Waals surface area contributed by atoms with Gasteiger partial charge in [-0.05, 0) is 66.3 Å². The number of Topliss-reactive ketones (excluding diaryl/α,β-unsaturated/α-hetero) is 1. The van der Waals surface area contributed by atoms with Gasteiger partial charge in [-0.15, -0.1) is 0 Å². The van der Waals surface area contributed by atoms with Crippen molar-refractivity contribution in [1.82, 2.24) is 0 Å². The number of rotatable bonds is 5. The molecule has 6 heteroatoms. The first-order valence-electron chi connectivity index (χ1n) is 12.7. The summed E-state index contributed by atoms with van der Waals surface area (Å²) >= 11 is 6.08. The number of nitrogens with one attached hydrogen (secondary N) is 1. The van der Waals surface area contributed by atoms with Crippen LogP contribution in [0.1, 0.15) is 50.8 Å². The predicted octanol–water partition coefficient (Wildman–Crippen LogP) is 7.12. The van der Waals surface area contributed by atoms with Crippen molar-refractivity contribution < 1.29 is 14.3 Å². The number of carbonyl (C=O) groups is 2. The molecule has 37 heavy (non-hydrogen) atoms. The molecule has 0 fully saturated rings. The summed E-state index contributed by atoms with van der Waals surface area (Å²) in [4.78, 5) is 29.7. The molecule has 1 atom stereocenters. The number of nitrogens with zero attached hydrogens (tertiary/aromatic N) is 1. The molecule has 2 aliphatic rings. The van der Waals surface area contributed by atoms with Gasteiger partial charge < -0.3 is 10.1 Å². The quantitative estimate of drug-likeness (QED) is 0.393. The minimum absolute atomic E-state index is 0.0646. The Kier molecular flexibility index (Phi) is 6.82. The molecule has 0 unspecified atom stereocenters. The largest absolute Gasteiger partial charge is 0.494 e. The van der Waals surface area contributed by atoms with Crippen LogP contribution >= 0.6 is 11.6 Å². The maximum absolute atomic E-state index is 14.1. The van der Waals surface area contributed by atoms with Crippen molar-refractivity contribution in [3.63, 3.8) is 0 Å². The number of halogens is 1. The van der Waals surface area contributed by atoms with Gasteiger partial charge in [0.1, 0.15) is 5.75 Å². The second-order valence-electron chi connectivity index (χ2n) is 10.4. The molecule has 0 bridgehead atoms. The topological polar surface area (TPSA) is 58.6 Å². The number of carbonyl (C=O) groups excluding carboxylic acids is 2. The molecule has 5 nitrogen and oxygen atoms in total. The summed E-state index contributed by atoms with van der Waals surface area (Å²) in [5.41, 5.74) is 4.66. The highest BCUT2D eigenvalue weighted by atomic mass is 35.5. The Morgan fingerprint density at radius 3 is 2.43 bits per heavy atom. The highest BCUT2D eigenvalue weighted by Crippen LogP contribution is 2.48. The van der Waals surface area contributed by atoms with E-state index in [-0.39, 0.29) is 23.5 Å². The van der Waals surface area contributed by atoms with E-state index >= 15 is 0 Å². The maximum Gasteiger partial charge on any atom is 0.232 e. The van der Waals surface area contributed by atoms with Crippen LogP contribution in [-0.2, 0) is 16.0 Å². The molecule has 190 valence electrons. The van der Waals surface area contributed by atoms with Gasteiger partial charge in [0.25, 0.3) is 0 Å². The fraction of sp³-hybridized carbons (Fsp3) is 0.290. The molecule has 1 aliphatic carbocycles. The maximum atomic E-state index is 14.1. The normalized spacial score (nSPS) is 18.4. The van der Waals surface area contributed by atoms with Crippen molar-refractivity contribution in [3.8, 4) is 5.75 Å². The van der Waals surface area contributed by atoms with Crippen molar-refractivity contribution in [3.05, 3.63) is 100 Å². The van der Waals surface area contributed by atoms with E-state index in [2.05, 4.69) is 19.2 Å². The van der Waals surface area contributed by atoms with Crippen LogP contribution in [0.2, 0.25) is 5.02 Å². The number of allylic oxidation sites excluding steroid dienone is 1. The Bertz CT molecular complexity index is 1360. The van der Waals surface area contributed by atoms with Crippen LogP contribution < -0.4 is 15.0 Å². The van der Waals surface area contributed by atoms with Crippen molar-refractivity contribution in [2.75, 3.05) is 16.8 Å². The van der Waals surface area contributed by atoms with Gasteiger partial charge in [0.05, 0.1) is 30.4 Å². The highest BCUT2D eigenvalue weighted by molar-refractivity contribution is 6.30. The molecule has 3 aromatic rings. The number of anilines is 2. The number of benzene rings is 3. The van der Waals surface area contributed by atoms with E-state index in [1.165, 1.54) is 0 Å². The summed E-state index contributed by atoms with van der Waals surface area (Å²) in [5.74, 6) is 0.722. The Labute approximate surface area is 223 Å². The zero-order valence-corrected chi connectivity index (χ0v) is 22.1. The van der Waals surface area contributed by atoms with Crippen LogP contribution in [0.5, 0.6) is 5.75 Å². The molecule has 3 aromatic carbocycles. The third-order valence-corrected chi connectivity index (χ3v) is 7.20. The van der Waals surface area contributed by atoms with E-state index < -0.39 is 6.04 Å². The minimum atomic E-state index is -0.565. The standard InChI is InChI=1S/C31H31ClN2O3/c1-4-37-23-15-11-21(12-16-23)30-29-25(18-31(2,3)19-27(29)35)33-24-7-5-6-8-26(24)34(30)28(36)17-20-9-13-22(32)14-10-20/h5-16,30,33H,4,17-19H2,1-3H3/t30-/m0/s1. The van der Waals surface area contributed by atoms with Gasteiger partial charge in [-0.2, -0.15) is 0 Å². The third kappa shape index (κ3) is 5.14. The molecule has 0 radical (unpaired) electrons. The van der Waals surface area contributed by atoms with E-state index in [1.807, 2.05) is 67.6 Å². The average molecular weight is 515 g/mol. The number of ketones is 1. The zero-order chi connectivity index (χ0) is 26.2. The van der Waals surface area contributed by atoms with Gasteiger partial charge in [-0.25, -0.2) is 0 Å². The van der Waals surface area contributed by atoms with Crippen molar-refractivity contribution in [2.24, 2.45) is 5.41 Å². The smallest absolute Gasteiger partial charge is 0.232 e. The van der Waals surface area contributed by atoms with Gasteiger partial charge in [0.15, 0.2) is 5.78 Å². The SMILES string of the molecule is CCOc1ccc([C@H]2C3=C(CC(C)(C)CC3=O)Nc3ccccc3N2C(=O)Cc2ccc(Cl)cc2)cc1. The van der Waals surface area contributed by atoms with Crippen LogP contribution in [0, 0.1) is 5.41 Å². The predicted molar refractivity (Wildman–Crippen MR) is 148 cm³/mol. The Morgan fingerprint density at radius 2 is 1.73 bits per heavy atom. The summed E-state index contributed by atoms with van der Waals surface area (Å²) in [6, 6.07) is 22.3. The van der Waals surface area contributed by atoms with Crippen molar-refractivity contribution in [1.29, 1.82) is 0 Å². The van der Waals surface area contributed by atoms with E-state index in [9.17, 15) is 9.59 Å². The molecule has 0 aromatic heterocycles. The van der Waals surface area contributed by atoms with Gasteiger partial charge in [-0.3, -0.25) is 14.5 Å². The highest BCUT2D eigenvalue weighted by Gasteiger charge is 2.43. The minimum Gasteiger partial charge on any atom is -0.494 e. The van der Waals surface area contributed by atoms with Gasteiger partial charge in [0, 0.05) is 22.7 Å². The van der Waals surface area contributed by atoms with E-state index in [1.54, 1.807) is 17.0 Å². The molecule has 0 saturated heterocycles. The second-order valence-corrected chi connectivity index (χ2v) is 10.9.